The van der Waals surface area contributed by atoms with Crippen molar-refractivity contribution >= 4 is 22.4 Å². The minimum atomic E-state index is -0.797. The SMILES string of the molecule is CN(C)OCc1ccc(-c2ccc3c(c2)Oc2ccccc2C3C(C)(C)C(=O)Nc2nncs2)nc1. The quantitative estimate of drug-likeness (QED) is 0.335. The van der Waals surface area contributed by atoms with E-state index in [1.807, 2.05) is 88.7 Å². The molecule has 0 spiro atoms. The summed E-state index contributed by atoms with van der Waals surface area (Å²) in [5, 5.41) is 12.9. The number of carbonyl (C=O) groups is 1. The molecular formula is C27H27N5O3S. The van der Waals surface area contributed by atoms with Gasteiger partial charge in [0.2, 0.25) is 11.0 Å². The average molecular weight is 502 g/mol. The van der Waals surface area contributed by atoms with Crippen LogP contribution in [-0.4, -0.2) is 40.2 Å². The third kappa shape index (κ3) is 4.73. The molecule has 0 bridgehead atoms. The van der Waals surface area contributed by atoms with Crippen molar-refractivity contribution in [3.63, 3.8) is 0 Å². The molecule has 8 nitrogen and oxygen atoms in total. The second-order valence-electron chi connectivity index (χ2n) is 9.38. The Kier molecular flexibility index (Phi) is 6.53. The van der Waals surface area contributed by atoms with Crippen LogP contribution in [0.25, 0.3) is 11.3 Å². The predicted molar refractivity (Wildman–Crippen MR) is 139 cm³/mol. The third-order valence-electron chi connectivity index (χ3n) is 6.27. The van der Waals surface area contributed by atoms with Crippen molar-refractivity contribution in [2.75, 3.05) is 19.4 Å². The maximum absolute atomic E-state index is 13.4. The Labute approximate surface area is 213 Å². The van der Waals surface area contributed by atoms with E-state index in [1.165, 1.54) is 11.3 Å². The Morgan fingerprint density at radius 1 is 1.11 bits per heavy atom. The standard InChI is InChI=1S/C27H27N5O3S/c1-27(2,25(33)30-26-31-29-16-36-26)24-19-7-5-6-8-22(19)35-23-13-18(10-11-20(23)24)21-12-9-17(14-28-21)15-34-32(3)4/h5-14,16,24H,15H2,1-4H3,(H,30,31,33). The number of hydrogen-bond acceptors (Lipinski definition) is 8. The fraction of sp³-hybridized carbons (Fsp3) is 0.259. The molecule has 1 aliphatic rings. The van der Waals surface area contributed by atoms with Crippen molar-refractivity contribution in [1.29, 1.82) is 0 Å². The van der Waals surface area contributed by atoms with E-state index >= 15 is 0 Å². The fourth-order valence-corrected chi connectivity index (χ4v) is 4.84. The van der Waals surface area contributed by atoms with Gasteiger partial charge in [-0.1, -0.05) is 61.6 Å². The molecule has 0 saturated heterocycles. The fourth-order valence-electron chi connectivity index (χ4n) is 4.40. The highest BCUT2D eigenvalue weighted by Crippen LogP contribution is 2.52. The number of nitrogens with zero attached hydrogens (tertiary/aromatic N) is 4. The van der Waals surface area contributed by atoms with Crippen LogP contribution in [0.3, 0.4) is 0 Å². The minimum absolute atomic E-state index is 0.131. The van der Waals surface area contributed by atoms with E-state index in [-0.39, 0.29) is 11.8 Å². The Balaban J connectivity index is 1.49. The van der Waals surface area contributed by atoms with Crippen molar-refractivity contribution in [2.24, 2.45) is 5.41 Å². The van der Waals surface area contributed by atoms with Crippen molar-refractivity contribution in [3.8, 4) is 22.8 Å². The number of rotatable bonds is 7. The third-order valence-corrected chi connectivity index (χ3v) is 6.88. The van der Waals surface area contributed by atoms with Gasteiger partial charge in [0.25, 0.3) is 0 Å². The van der Waals surface area contributed by atoms with Gasteiger partial charge < -0.3 is 10.1 Å². The van der Waals surface area contributed by atoms with E-state index in [0.717, 1.165) is 39.4 Å². The van der Waals surface area contributed by atoms with Gasteiger partial charge in [-0.25, -0.2) is 0 Å². The molecule has 1 unspecified atom stereocenters. The molecule has 0 aliphatic carbocycles. The first-order chi connectivity index (χ1) is 17.3. The summed E-state index contributed by atoms with van der Waals surface area (Å²) in [7, 11) is 3.70. The molecule has 36 heavy (non-hydrogen) atoms. The first-order valence-corrected chi connectivity index (χ1v) is 12.4. The van der Waals surface area contributed by atoms with Crippen LogP contribution < -0.4 is 10.1 Å². The van der Waals surface area contributed by atoms with E-state index < -0.39 is 5.41 Å². The molecule has 1 amide bonds. The van der Waals surface area contributed by atoms with Gasteiger partial charge >= 0.3 is 0 Å². The molecule has 184 valence electrons. The van der Waals surface area contributed by atoms with Crippen molar-refractivity contribution < 1.29 is 14.4 Å². The molecule has 1 N–H and O–H groups in total. The highest BCUT2D eigenvalue weighted by atomic mass is 32.1. The van der Waals surface area contributed by atoms with Crippen LogP contribution in [0.1, 0.15) is 36.5 Å². The van der Waals surface area contributed by atoms with E-state index in [1.54, 1.807) is 10.6 Å². The van der Waals surface area contributed by atoms with Crippen LogP contribution in [-0.2, 0) is 16.2 Å². The summed E-state index contributed by atoms with van der Waals surface area (Å²) in [6, 6.07) is 17.9. The Morgan fingerprint density at radius 3 is 2.64 bits per heavy atom. The molecule has 1 aliphatic heterocycles. The van der Waals surface area contributed by atoms with Gasteiger partial charge in [-0.05, 0) is 23.8 Å². The van der Waals surface area contributed by atoms with Crippen LogP contribution in [0, 0.1) is 5.41 Å². The number of aromatic nitrogens is 3. The van der Waals surface area contributed by atoms with Crippen LogP contribution in [0.5, 0.6) is 11.5 Å². The lowest BCUT2D eigenvalue weighted by Gasteiger charge is -2.38. The molecule has 5 rings (SSSR count). The van der Waals surface area contributed by atoms with Gasteiger partial charge in [-0.2, -0.15) is 5.06 Å². The Hall–Kier alpha value is -3.66. The molecule has 0 fully saturated rings. The number of pyridine rings is 1. The average Bonchev–Trinajstić information content (AvgIpc) is 3.39. The van der Waals surface area contributed by atoms with Crippen molar-refractivity contribution in [3.05, 3.63) is 83.0 Å². The highest BCUT2D eigenvalue weighted by molar-refractivity contribution is 7.13. The maximum atomic E-state index is 13.4. The number of nitrogens with one attached hydrogen (secondary N) is 1. The lowest BCUT2D eigenvalue weighted by atomic mass is 9.69. The van der Waals surface area contributed by atoms with Crippen LogP contribution >= 0.6 is 11.3 Å². The molecule has 2 aromatic heterocycles. The highest BCUT2D eigenvalue weighted by Gasteiger charge is 2.43. The molecule has 3 heterocycles. The number of para-hydroxylation sites is 1. The lowest BCUT2D eigenvalue weighted by molar-refractivity contribution is -0.130. The Bertz CT molecular complexity index is 1370. The molecule has 4 aromatic rings. The summed E-state index contributed by atoms with van der Waals surface area (Å²) >= 11 is 1.29. The van der Waals surface area contributed by atoms with Crippen LogP contribution in [0.15, 0.2) is 66.3 Å². The summed E-state index contributed by atoms with van der Waals surface area (Å²) in [5.74, 6) is 1.11. The molecule has 9 heteroatoms. The van der Waals surface area contributed by atoms with E-state index in [4.69, 9.17) is 9.57 Å². The number of amides is 1. The number of ether oxygens (including phenoxy) is 1. The number of carbonyl (C=O) groups excluding carboxylic acids is 1. The van der Waals surface area contributed by atoms with E-state index in [0.29, 0.717) is 11.7 Å². The molecule has 1 atom stereocenters. The first-order valence-electron chi connectivity index (χ1n) is 11.6. The maximum Gasteiger partial charge on any atom is 0.232 e. The number of fused-ring (bicyclic) bond motifs is 2. The van der Waals surface area contributed by atoms with Crippen LogP contribution in [0.4, 0.5) is 5.13 Å². The number of hydroxylamine groups is 2. The number of anilines is 1. The van der Waals surface area contributed by atoms with Crippen LogP contribution in [0.2, 0.25) is 0 Å². The summed E-state index contributed by atoms with van der Waals surface area (Å²) in [5.41, 5.74) is 5.47. The van der Waals surface area contributed by atoms with E-state index in [9.17, 15) is 4.79 Å². The minimum Gasteiger partial charge on any atom is -0.457 e. The van der Waals surface area contributed by atoms with Crippen molar-refractivity contribution in [2.45, 2.75) is 26.4 Å². The van der Waals surface area contributed by atoms with Gasteiger partial charge in [-0.15, -0.1) is 10.2 Å². The summed E-state index contributed by atoms with van der Waals surface area (Å²) < 4.78 is 6.33. The molecule has 0 radical (unpaired) electrons. The van der Waals surface area contributed by atoms with Gasteiger partial charge in [0.05, 0.1) is 17.7 Å². The zero-order valence-electron chi connectivity index (χ0n) is 20.6. The summed E-state index contributed by atoms with van der Waals surface area (Å²) in [6.07, 6.45) is 1.82. The molecule has 2 aromatic carbocycles. The van der Waals surface area contributed by atoms with Gasteiger partial charge in [0, 0.05) is 42.9 Å². The van der Waals surface area contributed by atoms with Crippen molar-refractivity contribution in [1.82, 2.24) is 20.2 Å². The lowest BCUT2D eigenvalue weighted by Crippen LogP contribution is -2.38. The monoisotopic (exact) mass is 501 g/mol. The zero-order valence-corrected chi connectivity index (χ0v) is 21.4. The van der Waals surface area contributed by atoms with Gasteiger partial charge in [-0.3, -0.25) is 14.6 Å². The second-order valence-corrected chi connectivity index (χ2v) is 10.2. The normalized spacial score (nSPS) is 14.6. The second kappa shape index (κ2) is 9.77. The molecule has 0 saturated carbocycles. The van der Waals surface area contributed by atoms with E-state index in [2.05, 4.69) is 20.5 Å². The smallest absolute Gasteiger partial charge is 0.232 e. The van der Waals surface area contributed by atoms with Gasteiger partial charge in [0.15, 0.2) is 0 Å². The first kappa shape index (κ1) is 24.1. The number of hydrogen-bond donors (Lipinski definition) is 1. The summed E-state index contributed by atoms with van der Waals surface area (Å²) in [4.78, 5) is 23.6. The largest absolute Gasteiger partial charge is 0.457 e. The predicted octanol–water partition coefficient (Wildman–Crippen LogP) is 5.50. The molecular weight excluding hydrogens is 474 g/mol. The van der Waals surface area contributed by atoms with Gasteiger partial charge in [0.1, 0.15) is 17.0 Å². The summed E-state index contributed by atoms with van der Waals surface area (Å²) in [6.45, 7) is 4.36. The Morgan fingerprint density at radius 2 is 1.92 bits per heavy atom. The number of benzene rings is 2. The topological polar surface area (TPSA) is 89.5 Å². The zero-order chi connectivity index (χ0) is 25.3.